The number of aliphatic imine (C=N–C) groups is 1. The lowest BCUT2D eigenvalue weighted by Gasteiger charge is -2.12. The lowest BCUT2D eigenvalue weighted by atomic mass is 10.0. The zero-order valence-corrected chi connectivity index (χ0v) is 13.4. The molecule has 0 heterocycles. The number of nitrogen functional groups attached to an aromatic ring is 1. The molecule has 0 aliphatic heterocycles. The lowest BCUT2D eigenvalue weighted by molar-refractivity contribution is -0.138. The highest BCUT2D eigenvalue weighted by atomic mass is 79.9. The maximum absolute atomic E-state index is 13.6. The second-order valence-electron chi connectivity index (χ2n) is 4.45. The SMILES string of the molecule is COC(=O)CN=C(c1cc(F)ccc1N)c1ccccc1Br. The number of nitrogens with zero attached hydrogens (tertiary/aromatic N) is 1. The van der Waals surface area contributed by atoms with Gasteiger partial charge in [0, 0.05) is 21.3 Å². The number of rotatable bonds is 4. The number of benzene rings is 2. The Balaban J connectivity index is 2.58. The van der Waals surface area contributed by atoms with Gasteiger partial charge in [0.05, 0.1) is 12.8 Å². The van der Waals surface area contributed by atoms with E-state index < -0.39 is 11.8 Å². The number of carbonyl (C=O) groups is 1. The van der Waals surface area contributed by atoms with Crippen LogP contribution >= 0.6 is 15.9 Å². The van der Waals surface area contributed by atoms with Crippen molar-refractivity contribution in [3.8, 4) is 0 Å². The van der Waals surface area contributed by atoms with Crippen molar-refractivity contribution in [2.45, 2.75) is 0 Å². The molecule has 0 spiro atoms. The number of hydrogen-bond donors (Lipinski definition) is 1. The predicted octanol–water partition coefficient (Wildman–Crippen LogP) is 3.18. The fraction of sp³-hybridized carbons (Fsp3) is 0.125. The van der Waals surface area contributed by atoms with E-state index in [0.29, 0.717) is 22.5 Å². The maximum atomic E-state index is 13.6. The summed E-state index contributed by atoms with van der Waals surface area (Å²) in [6.45, 7) is -0.177. The number of anilines is 1. The number of methoxy groups -OCH3 is 1. The first-order chi connectivity index (χ1) is 10.5. The topological polar surface area (TPSA) is 64.7 Å². The molecule has 0 unspecified atom stereocenters. The third-order valence-electron chi connectivity index (χ3n) is 2.99. The van der Waals surface area contributed by atoms with Gasteiger partial charge < -0.3 is 10.5 Å². The van der Waals surface area contributed by atoms with Crippen molar-refractivity contribution in [3.63, 3.8) is 0 Å². The molecule has 0 bridgehead atoms. The first-order valence-electron chi connectivity index (χ1n) is 6.44. The van der Waals surface area contributed by atoms with E-state index in [1.807, 2.05) is 24.3 Å². The first kappa shape index (κ1) is 16.2. The quantitative estimate of drug-likeness (QED) is 0.514. The molecule has 114 valence electrons. The summed E-state index contributed by atoms with van der Waals surface area (Å²) in [5.41, 5.74) is 7.88. The number of halogens is 2. The highest BCUT2D eigenvalue weighted by Crippen LogP contribution is 2.24. The minimum atomic E-state index is -0.487. The van der Waals surface area contributed by atoms with Gasteiger partial charge in [0.1, 0.15) is 12.4 Å². The molecule has 0 saturated heterocycles. The Morgan fingerprint density at radius 2 is 2.00 bits per heavy atom. The van der Waals surface area contributed by atoms with Gasteiger partial charge in [-0.25, -0.2) is 4.39 Å². The van der Waals surface area contributed by atoms with E-state index in [1.165, 1.54) is 25.3 Å². The van der Waals surface area contributed by atoms with Crippen molar-refractivity contribution < 1.29 is 13.9 Å². The van der Waals surface area contributed by atoms with Crippen LogP contribution in [0.5, 0.6) is 0 Å². The second-order valence-corrected chi connectivity index (χ2v) is 5.31. The van der Waals surface area contributed by atoms with Gasteiger partial charge >= 0.3 is 5.97 Å². The van der Waals surface area contributed by atoms with Crippen molar-refractivity contribution >= 4 is 33.3 Å². The Hall–Kier alpha value is -2.21. The summed E-state index contributed by atoms with van der Waals surface area (Å²) in [5, 5.41) is 0. The monoisotopic (exact) mass is 364 g/mol. The number of carbonyl (C=O) groups excluding carboxylic acids is 1. The molecule has 0 fully saturated rings. The summed E-state index contributed by atoms with van der Waals surface area (Å²) >= 11 is 3.43. The third kappa shape index (κ3) is 3.71. The molecule has 0 aromatic heterocycles. The van der Waals surface area contributed by atoms with Gasteiger partial charge in [0.2, 0.25) is 0 Å². The van der Waals surface area contributed by atoms with Crippen LogP contribution in [0.2, 0.25) is 0 Å². The largest absolute Gasteiger partial charge is 0.468 e. The molecular formula is C16H14BrFN2O2. The molecule has 0 saturated carbocycles. The standard InChI is InChI=1S/C16H14BrFN2O2/c1-22-15(21)9-20-16(11-4-2-3-5-13(11)17)12-8-10(18)6-7-14(12)19/h2-8H,9,19H2,1H3. The minimum absolute atomic E-state index is 0.177. The Bertz CT molecular complexity index is 732. The van der Waals surface area contributed by atoms with Crippen LogP contribution < -0.4 is 5.73 Å². The van der Waals surface area contributed by atoms with E-state index in [9.17, 15) is 9.18 Å². The van der Waals surface area contributed by atoms with E-state index in [4.69, 9.17) is 5.73 Å². The lowest BCUT2D eigenvalue weighted by Crippen LogP contribution is -2.12. The van der Waals surface area contributed by atoms with Crippen molar-refractivity contribution in [3.05, 3.63) is 63.9 Å². The summed E-state index contributed by atoms with van der Waals surface area (Å²) < 4.78 is 18.9. The summed E-state index contributed by atoms with van der Waals surface area (Å²) in [6.07, 6.45) is 0. The highest BCUT2D eigenvalue weighted by Gasteiger charge is 2.15. The van der Waals surface area contributed by atoms with E-state index in [1.54, 1.807) is 0 Å². The van der Waals surface area contributed by atoms with Crippen molar-refractivity contribution in [1.82, 2.24) is 0 Å². The van der Waals surface area contributed by atoms with Gasteiger partial charge in [-0.15, -0.1) is 0 Å². The van der Waals surface area contributed by atoms with Gasteiger partial charge in [0.15, 0.2) is 0 Å². The maximum Gasteiger partial charge on any atom is 0.327 e. The van der Waals surface area contributed by atoms with E-state index in [0.717, 1.165) is 4.47 Å². The van der Waals surface area contributed by atoms with Gasteiger partial charge in [-0.2, -0.15) is 0 Å². The summed E-state index contributed by atoms with van der Waals surface area (Å²) in [6, 6.07) is 11.4. The molecule has 6 heteroatoms. The molecule has 2 aromatic carbocycles. The van der Waals surface area contributed by atoms with Crippen molar-refractivity contribution in [2.75, 3.05) is 19.4 Å². The average Bonchev–Trinajstić information content (AvgIpc) is 2.52. The summed E-state index contributed by atoms with van der Waals surface area (Å²) in [7, 11) is 1.28. The number of nitrogens with two attached hydrogens (primary N) is 1. The van der Waals surface area contributed by atoms with Crippen LogP contribution in [0.3, 0.4) is 0 Å². The summed E-state index contributed by atoms with van der Waals surface area (Å²) in [5.74, 6) is -0.915. The van der Waals surface area contributed by atoms with Gasteiger partial charge in [-0.05, 0) is 24.3 Å². The Morgan fingerprint density at radius 3 is 2.68 bits per heavy atom. The van der Waals surface area contributed by atoms with E-state index in [2.05, 4.69) is 25.7 Å². The molecule has 4 nitrogen and oxygen atoms in total. The predicted molar refractivity (Wildman–Crippen MR) is 87.5 cm³/mol. The van der Waals surface area contributed by atoms with E-state index in [-0.39, 0.29) is 6.54 Å². The number of ether oxygens (including phenoxy) is 1. The fourth-order valence-corrected chi connectivity index (χ4v) is 2.38. The van der Waals surface area contributed by atoms with Crippen molar-refractivity contribution in [1.29, 1.82) is 0 Å². The van der Waals surface area contributed by atoms with Crippen LogP contribution in [0.4, 0.5) is 10.1 Å². The molecule has 2 rings (SSSR count). The van der Waals surface area contributed by atoms with E-state index >= 15 is 0 Å². The normalized spacial score (nSPS) is 11.3. The average molecular weight is 365 g/mol. The molecule has 0 radical (unpaired) electrons. The Morgan fingerprint density at radius 1 is 1.27 bits per heavy atom. The molecule has 0 amide bonds. The van der Waals surface area contributed by atoms with Gasteiger partial charge in [0.25, 0.3) is 0 Å². The molecular weight excluding hydrogens is 351 g/mol. The molecule has 0 aliphatic carbocycles. The van der Waals surface area contributed by atoms with Crippen LogP contribution in [0.25, 0.3) is 0 Å². The first-order valence-corrected chi connectivity index (χ1v) is 7.23. The number of esters is 1. The molecule has 22 heavy (non-hydrogen) atoms. The van der Waals surface area contributed by atoms with Crippen molar-refractivity contribution in [2.24, 2.45) is 4.99 Å². The van der Waals surface area contributed by atoms with Crippen LogP contribution in [0.1, 0.15) is 11.1 Å². The molecule has 0 atom stereocenters. The third-order valence-corrected chi connectivity index (χ3v) is 3.68. The Kier molecular flexibility index (Phi) is 5.27. The highest BCUT2D eigenvalue weighted by molar-refractivity contribution is 9.10. The van der Waals surface area contributed by atoms with Crippen LogP contribution in [-0.2, 0) is 9.53 Å². The molecule has 2 aromatic rings. The molecule has 0 aliphatic rings. The smallest absolute Gasteiger partial charge is 0.327 e. The molecule has 2 N–H and O–H groups in total. The van der Waals surface area contributed by atoms with Crippen LogP contribution in [-0.4, -0.2) is 25.3 Å². The minimum Gasteiger partial charge on any atom is -0.468 e. The zero-order chi connectivity index (χ0) is 16.1. The van der Waals surface area contributed by atoms with Crippen LogP contribution in [0.15, 0.2) is 51.9 Å². The summed E-state index contributed by atoms with van der Waals surface area (Å²) in [4.78, 5) is 15.6. The zero-order valence-electron chi connectivity index (χ0n) is 11.8. The van der Waals surface area contributed by atoms with Gasteiger partial charge in [-0.1, -0.05) is 34.1 Å². The van der Waals surface area contributed by atoms with Gasteiger partial charge in [-0.3, -0.25) is 9.79 Å². The van der Waals surface area contributed by atoms with Crippen LogP contribution in [0, 0.1) is 5.82 Å². The number of hydrogen-bond acceptors (Lipinski definition) is 4. The second kappa shape index (κ2) is 7.17. The Labute approximate surface area is 135 Å². The fourth-order valence-electron chi connectivity index (χ4n) is 1.91.